The molecular formula is C17H23N3O2. The van der Waals surface area contributed by atoms with Gasteiger partial charge in [-0.05, 0) is 37.9 Å². The van der Waals surface area contributed by atoms with Crippen LogP contribution in [0.25, 0.3) is 11.3 Å². The van der Waals surface area contributed by atoms with E-state index in [4.69, 9.17) is 9.26 Å². The van der Waals surface area contributed by atoms with Crippen LogP contribution in [0.1, 0.15) is 31.9 Å². The summed E-state index contributed by atoms with van der Waals surface area (Å²) in [6, 6.07) is 5.91. The molecule has 1 aliphatic heterocycles. The van der Waals surface area contributed by atoms with Gasteiger partial charge >= 0.3 is 0 Å². The van der Waals surface area contributed by atoms with Crippen LogP contribution in [-0.4, -0.2) is 40.8 Å². The monoisotopic (exact) mass is 301 g/mol. The average molecular weight is 301 g/mol. The van der Waals surface area contributed by atoms with Crippen molar-refractivity contribution in [3.63, 3.8) is 0 Å². The van der Waals surface area contributed by atoms with Crippen LogP contribution in [-0.2, 0) is 11.3 Å². The molecule has 2 aromatic rings. The third-order valence-corrected chi connectivity index (χ3v) is 3.94. The lowest BCUT2D eigenvalue weighted by Gasteiger charge is -2.23. The summed E-state index contributed by atoms with van der Waals surface area (Å²) in [5.74, 6) is 0.901. The Kier molecular flexibility index (Phi) is 5.19. The topological polar surface area (TPSA) is 51.4 Å². The van der Waals surface area contributed by atoms with Crippen LogP contribution in [0.4, 0.5) is 0 Å². The lowest BCUT2D eigenvalue weighted by atomic mass is 10.2. The molecule has 0 amide bonds. The van der Waals surface area contributed by atoms with E-state index in [2.05, 4.69) is 22.0 Å². The van der Waals surface area contributed by atoms with Crippen molar-refractivity contribution in [2.75, 3.05) is 19.7 Å². The predicted octanol–water partition coefficient (Wildman–Crippen LogP) is 3.13. The second-order valence-electron chi connectivity index (χ2n) is 5.78. The summed E-state index contributed by atoms with van der Waals surface area (Å²) in [6.07, 6.45) is 7.37. The highest BCUT2D eigenvalue weighted by Gasteiger charge is 2.20. The first-order valence-electron chi connectivity index (χ1n) is 8.05. The summed E-state index contributed by atoms with van der Waals surface area (Å²) in [5.41, 5.74) is 1.90. The zero-order valence-electron chi connectivity index (χ0n) is 13.1. The Hall–Kier alpha value is -1.72. The van der Waals surface area contributed by atoms with Crippen molar-refractivity contribution in [1.82, 2.24) is 15.0 Å². The van der Waals surface area contributed by atoms with E-state index in [0.717, 1.165) is 49.7 Å². The largest absolute Gasteiger partial charge is 0.377 e. The second-order valence-corrected chi connectivity index (χ2v) is 5.78. The van der Waals surface area contributed by atoms with Crippen molar-refractivity contribution >= 4 is 0 Å². The average Bonchev–Trinajstić information content (AvgIpc) is 3.20. The van der Waals surface area contributed by atoms with Crippen molar-refractivity contribution in [2.45, 2.75) is 38.8 Å². The smallest absolute Gasteiger partial charge is 0.151 e. The molecule has 1 atom stereocenters. The van der Waals surface area contributed by atoms with E-state index in [-0.39, 0.29) is 0 Å². The third kappa shape index (κ3) is 3.93. The highest BCUT2D eigenvalue weighted by molar-refractivity contribution is 5.57. The molecule has 5 heteroatoms. The maximum Gasteiger partial charge on any atom is 0.151 e. The summed E-state index contributed by atoms with van der Waals surface area (Å²) in [5, 5.41) is 4.17. The third-order valence-electron chi connectivity index (χ3n) is 3.94. The maximum atomic E-state index is 5.75. The van der Waals surface area contributed by atoms with E-state index in [0.29, 0.717) is 6.10 Å². The van der Waals surface area contributed by atoms with E-state index in [1.807, 2.05) is 18.2 Å². The van der Waals surface area contributed by atoms with Gasteiger partial charge in [-0.15, -0.1) is 0 Å². The first-order chi connectivity index (χ1) is 10.8. The number of rotatable bonds is 7. The van der Waals surface area contributed by atoms with Crippen molar-refractivity contribution < 1.29 is 9.26 Å². The van der Waals surface area contributed by atoms with Gasteiger partial charge in [0.25, 0.3) is 0 Å². The van der Waals surface area contributed by atoms with Crippen LogP contribution in [0.5, 0.6) is 0 Å². The zero-order valence-corrected chi connectivity index (χ0v) is 13.1. The Balaban J connectivity index is 1.63. The standard InChI is InChI=1S/C17H23N3O2/c1-2-9-20(12-15-4-3-10-21-15)13-16-11-17(19-22-16)14-5-7-18-8-6-14/h5-8,11,15H,2-4,9-10,12-13H2,1H3/t15-/m0/s1. The van der Waals surface area contributed by atoms with Crippen LogP contribution in [0.3, 0.4) is 0 Å². The minimum Gasteiger partial charge on any atom is -0.377 e. The Morgan fingerprint density at radius 1 is 1.32 bits per heavy atom. The second kappa shape index (κ2) is 7.51. The quantitative estimate of drug-likeness (QED) is 0.786. The lowest BCUT2D eigenvalue weighted by molar-refractivity contribution is 0.0676. The van der Waals surface area contributed by atoms with Crippen LogP contribution in [0.2, 0.25) is 0 Å². The molecule has 0 spiro atoms. The molecule has 0 saturated carbocycles. The fourth-order valence-electron chi connectivity index (χ4n) is 2.89. The Morgan fingerprint density at radius 3 is 2.91 bits per heavy atom. The number of ether oxygens (including phenoxy) is 1. The highest BCUT2D eigenvalue weighted by Crippen LogP contribution is 2.20. The predicted molar refractivity (Wildman–Crippen MR) is 84.3 cm³/mol. The molecule has 3 heterocycles. The molecule has 118 valence electrons. The molecule has 0 unspecified atom stereocenters. The summed E-state index contributed by atoms with van der Waals surface area (Å²) in [6.45, 7) is 5.90. The number of aromatic nitrogens is 2. The number of hydrogen-bond acceptors (Lipinski definition) is 5. The van der Waals surface area contributed by atoms with Gasteiger partial charge in [0.15, 0.2) is 5.76 Å². The first-order valence-corrected chi connectivity index (χ1v) is 8.05. The Bertz CT molecular complexity index is 564. The summed E-state index contributed by atoms with van der Waals surface area (Å²) < 4.78 is 11.3. The van der Waals surface area contributed by atoms with Gasteiger partial charge in [-0.3, -0.25) is 9.88 Å². The summed E-state index contributed by atoms with van der Waals surface area (Å²) >= 11 is 0. The van der Waals surface area contributed by atoms with Crippen molar-refractivity contribution in [3.05, 3.63) is 36.4 Å². The molecule has 1 aliphatic rings. The van der Waals surface area contributed by atoms with Gasteiger partial charge < -0.3 is 9.26 Å². The van der Waals surface area contributed by atoms with E-state index in [1.54, 1.807) is 12.4 Å². The molecule has 0 aliphatic carbocycles. The van der Waals surface area contributed by atoms with Gasteiger partial charge in [0.2, 0.25) is 0 Å². The van der Waals surface area contributed by atoms with Gasteiger partial charge in [0.1, 0.15) is 5.69 Å². The summed E-state index contributed by atoms with van der Waals surface area (Å²) in [7, 11) is 0. The van der Waals surface area contributed by atoms with Crippen LogP contribution < -0.4 is 0 Å². The molecule has 0 aromatic carbocycles. The molecule has 0 N–H and O–H groups in total. The number of hydrogen-bond donors (Lipinski definition) is 0. The molecule has 1 saturated heterocycles. The van der Waals surface area contributed by atoms with Gasteiger partial charge in [0.05, 0.1) is 12.6 Å². The van der Waals surface area contributed by atoms with Gasteiger partial charge in [-0.1, -0.05) is 12.1 Å². The SMILES string of the molecule is CCCN(Cc1cc(-c2ccncc2)no1)C[C@@H]1CCCO1. The van der Waals surface area contributed by atoms with Crippen molar-refractivity contribution in [2.24, 2.45) is 0 Å². The molecule has 0 radical (unpaired) electrons. The van der Waals surface area contributed by atoms with Crippen molar-refractivity contribution in [1.29, 1.82) is 0 Å². The molecule has 22 heavy (non-hydrogen) atoms. The summed E-state index contributed by atoms with van der Waals surface area (Å²) in [4.78, 5) is 6.42. The molecule has 5 nitrogen and oxygen atoms in total. The van der Waals surface area contributed by atoms with Gasteiger partial charge in [-0.25, -0.2) is 0 Å². The van der Waals surface area contributed by atoms with Gasteiger partial charge in [0, 0.05) is 37.2 Å². The van der Waals surface area contributed by atoms with E-state index < -0.39 is 0 Å². The molecule has 3 rings (SSSR count). The molecular weight excluding hydrogens is 278 g/mol. The van der Waals surface area contributed by atoms with Crippen LogP contribution in [0, 0.1) is 0 Å². The van der Waals surface area contributed by atoms with Gasteiger partial charge in [-0.2, -0.15) is 0 Å². The normalized spacial score (nSPS) is 18.2. The minimum absolute atomic E-state index is 0.370. The Morgan fingerprint density at radius 2 is 2.18 bits per heavy atom. The Labute approximate surface area is 131 Å². The maximum absolute atomic E-state index is 5.75. The molecule has 1 fully saturated rings. The fraction of sp³-hybridized carbons (Fsp3) is 0.529. The minimum atomic E-state index is 0.370. The fourth-order valence-corrected chi connectivity index (χ4v) is 2.89. The lowest BCUT2D eigenvalue weighted by Crippen LogP contribution is -2.32. The van der Waals surface area contributed by atoms with Crippen LogP contribution in [0.15, 0.2) is 35.1 Å². The molecule has 0 bridgehead atoms. The zero-order chi connectivity index (χ0) is 15.2. The van der Waals surface area contributed by atoms with Crippen LogP contribution >= 0.6 is 0 Å². The first kappa shape index (κ1) is 15.2. The van der Waals surface area contributed by atoms with E-state index in [1.165, 1.54) is 12.8 Å². The highest BCUT2D eigenvalue weighted by atomic mass is 16.5. The van der Waals surface area contributed by atoms with E-state index in [9.17, 15) is 0 Å². The number of pyridine rings is 1. The van der Waals surface area contributed by atoms with Crippen molar-refractivity contribution in [3.8, 4) is 11.3 Å². The molecule has 2 aromatic heterocycles. The van der Waals surface area contributed by atoms with E-state index >= 15 is 0 Å². The number of nitrogens with zero attached hydrogens (tertiary/aromatic N) is 3.